The lowest BCUT2D eigenvalue weighted by atomic mass is 10.1. The predicted octanol–water partition coefficient (Wildman–Crippen LogP) is 1.58. The second-order valence-electron chi connectivity index (χ2n) is 6.08. The standard InChI is InChI=1S/C19H21N3O2/c23-18(11-16-7-4-9-20-13-16)21-17-12-19(24)22(14-17)10-8-15-5-2-1-3-6-15/h1-7,9,13,17H,8,10-12,14H2,(H,21,23)/t17-/m1/s1. The van der Waals surface area contributed by atoms with E-state index < -0.39 is 0 Å². The topological polar surface area (TPSA) is 62.3 Å². The second-order valence-corrected chi connectivity index (χ2v) is 6.08. The van der Waals surface area contributed by atoms with E-state index >= 15 is 0 Å². The van der Waals surface area contributed by atoms with Gasteiger partial charge < -0.3 is 10.2 Å². The van der Waals surface area contributed by atoms with Crippen molar-refractivity contribution >= 4 is 11.8 Å². The molecule has 0 radical (unpaired) electrons. The van der Waals surface area contributed by atoms with Crippen LogP contribution in [0, 0.1) is 0 Å². The van der Waals surface area contributed by atoms with E-state index in [0.29, 0.717) is 25.9 Å². The fourth-order valence-electron chi connectivity index (χ4n) is 2.96. The maximum absolute atomic E-state index is 12.1. The minimum absolute atomic E-state index is 0.0642. The van der Waals surface area contributed by atoms with Crippen LogP contribution in [-0.2, 0) is 22.4 Å². The van der Waals surface area contributed by atoms with E-state index in [1.54, 1.807) is 12.4 Å². The number of benzene rings is 1. The summed E-state index contributed by atoms with van der Waals surface area (Å²) in [7, 11) is 0. The van der Waals surface area contributed by atoms with Crippen molar-refractivity contribution < 1.29 is 9.59 Å². The van der Waals surface area contributed by atoms with E-state index in [0.717, 1.165) is 12.0 Å². The molecule has 0 bridgehead atoms. The third-order valence-electron chi connectivity index (χ3n) is 4.18. The lowest BCUT2D eigenvalue weighted by molar-refractivity contribution is -0.127. The number of amides is 2. The Hall–Kier alpha value is -2.69. The highest BCUT2D eigenvalue weighted by Crippen LogP contribution is 2.13. The molecule has 1 fully saturated rings. The van der Waals surface area contributed by atoms with E-state index in [4.69, 9.17) is 0 Å². The molecule has 0 aliphatic carbocycles. The number of carbonyl (C=O) groups excluding carboxylic acids is 2. The van der Waals surface area contributed by atoms with Gasteiger partial charge in [-0.25, -0.2) is 0 Å². The molecule has 3 rings (SSSR count). The Morgan fingerprint density at radius 1 is 1.17 bits per heavy atom. The number of nitrogens with zero attached hydrogens (tertiary/aromatic N) is 2. The van der Waals surface area contributed by atoms with Gasteiger partial charge in [-0.15, -0.1) is 0 Å². The molecule has 0 unspecified atom stereocenters. The number of likely N-dealkylation sites (tertiary alicyclic amines) is 1. The fraction of sp³-hybridized carbons (Fsp3) is 0.316. The molecule has 2 aromatic rings. The van der Waals surface area contributed by atoms with Gasteiger partial charge in [-0.1, -0.05) is 36.4 Å². The molecular formula is C19H21N3O2. The van der Waals surface area contributed by atoms with Crippen LogP contribution in [0.4, 0.5) is 0 Å². The quantitative estimate of drug-likeness (QED) is 0.878. The van der Waals surface area contributed by atoms with Crippen LogP contribution in [0.1, 0.15) is 17.5 Å². The molecule has 1 aromatic carbocycles. The molecular weight excluding hydrogens is 302 g/mol. The molecule has 1 saturated heterocycles. The summed E-state index contributed by atoms with van der Waals surface area (Å²) in [6.07, 6.45) is 4.88. The first-order valence-electron chi connectivity index (χ1n) is 8.20. The van der Waals surface area contributed by atoms with Crippen molar-refractivity contribution in [2.24, 2.45) is 0 Å². The Bertz CT molecular complexity index is 688. The van der Waals surface area contributed by atoms with Crippen LogP contribution < -0.4 is 5.32 Å². The predicted molar refractivity (Wildman–Crippen MR) is 91.2 cm³/mol. The molecule has 5 nitrogen and oxygen atoms in total. The number of carbonyl (C=O) groups is 2. The highest BCUT2D eigenvalue weighted by molar-refractivity contribution is 5.83. The monoisotopic (exact) mass is 323 g/mol. The zero-order chi connectivity index (χ0) is 16.8. The Morgan fingerprint density at radius 3 is 2.71 bits per heavy atom. The summed E-state index contributed by atoms with van der Waals surface area (Å²) in [6, 6.07) is 13.7. The van der Waals surface area contributed by atoms with Crippen molar-refractivity contribution in [1.82, 2.24) is 15.2 Å². The smallest absolute Gasteiger partial charge is 0.224 e. The van der Waals surface area contributed by atoms with Gasteiger partial charge in [0, 0.05) is 31.9 Å². The summed E-state index contributed by atoms with van der Waals surface area (Å²) in [5, 5.41) is 2.96. The summed E-state index contributed by atoms with van der Waals surface area (Å²) in [4.78, 5) is 30.0. The zero-order valence-corrected chi connectivity index (χ0v) is 13.5. The first kappa shape index (κ1) is 16.2. The minimum Gasteiger partial charge on any atom is -0.351 e. The van der Waals surface area contributed by atoms with E-state index in [9.17, 15) is 9.59 Å². The van der Waals surface area contributed by atoms with Crippen LogP contribution in [0.2, 0.25) is 0 Å². The van der Waals surface area contributed by atoms with Crippen LogP contribution in [0.15, 0.2) is 54.9 Å². The van der Waals surface area contributed by atoms with Crippen molar-refractivity contribution in [2.45, 2.75) is 25.3 Å². The third-order valence-corrected chi connectivity index (χ3v) is 4.18. The molecule has 1 aromatic heterocycles. The molecule has 24 heavy (non-hydrogen) atoms. The Morgan fingerprint density at radius 2 is 1.96 bits per heavy atom. The summed E-state index contributed by atoms with van der Waals surface area (Å²) in [5.74, 6) is 0.0447. The van der Waals surface area contributed by atoms with Gasteiger partial charge in [0.05, 0.1) is 12.5 Å². The van der Waals surface area contributed by atoms with E-state index in [2.05, 4.69) is 22.4 Å². The van der Waals surface area contributed by atoms with Crippen molar-refractivity contribution in [3.05, 3.63) is 66.0 Å². The summed E-state index contributed by atoms with van der Waals surface area (Å²) < 4.78 is 0. The highest BCUT2D eigenvalue weighted by Gasteiger charge is 2.30. The Labute approximate surface area is 141 Å². The molecule has 5 heteroatoms. The molecule has 1 aliphatic rings. The summed E-state index contributed by atoms with van der Waals surface area (Å²) in [6.45, 7) is 1.28. The summed E-state index contributed by atoms with van der Waals surface area (Å²) >= 11 is 0. The van der Waals surface area contributed by atoms with Crippen LogP contribution in [-0.4, -0.2) is 40.8 Å². The van der Waals surface area contributed by atoms with Gasteiger partial charge in [-0.05, 0) is 23.6 Å². The third kappa shape index (κ3) is 4.41. The molecule has 2 amide bonds. The van der Waals surface area contributed by atoms with Crippen LogP contribution in [0.3, 0.4) is 0 Å². The van der Waals surface area contributed by atoms with E-state index in [1.807, 2.05) is 35.2 Å². The number of rotatable bonds is 6. The number of hydrogen-bond acceptors (Lipinski definition) is 3. The molecule has 1 aliphatic heterocycles. The summed E-state index contributed by atoms with van der Waals surface area (Å²) in [5.41, 5.74) is 2.09. The van der Waals surface area contributed by atoms with Gasteiger partial charge in [0.25, 0.3) is 0 Å². The van der Waals surface area contributed by atoms with Crippen molar-refractivity contribution in [2.75, 3.05) is 13.1 Å². The van der Waals surface area contributed by atoms with Crippen LogP contribution >= 0.6 is 0 Å². The first-order chi connectivity index (χ1) is 11.7. The molecule has 2 heterocycles. The average Bonchev–Trinajstić information content (AvgIpc) is 2.94. The normalized spacial score (nSPS) is 17.1. The number of pyridine rings is 1. The Kier molecular flexibility index (Phi) is 5.21. The van der Waals surface area contributed by atoms with Crippen LogP contribution in [0.25, 0.3) is 0 Å². The maximum atomic E-state index is 12.1. The van der Waals surface area contributed by atoms with Gasteiger partial charge in [0.2, 0.25) is 11.8 Å². The SMILES string of the molecule is O=C(Cc1cccnc1)N[C@@H]1CC(=O)N(CCc2ccccc2)C1. The molecule has 1 atom stereocenters. The van der Waals surface area contributed by atoms with Gasteiger partial charge in [-0.3, -0.25) is 14.6 Å². The van der Waals surface area contributed by atoms with Crippen molar-refractivity contribution in [1.29, 1.82) is 0 Å². The number of aromatic nitrogens is 1. The highest BCUT2D eigenvalue weighted by atomic mass is 16.2. The molecule has 124 valence electrons. The average molecular weight is 323 g/mol. The fourth-order valence-corrected chi connectivity index (χ4v) is 2.96. The first-order valence-corrected chi connectivity index (χ1v) is 8.20. The lowest BCUT2D eigenvalue weighted by Crippen LogP contribution is -2.38. The number of nitrogens with one attached hydrogen (secondary N) is 1. The van der Waals surface area contributed by atoms with Crippen molar-refractivity contribution in [3.8, 4) is 0 Å². The van der Waals surface area contributed by atoms with Gasteiger partial charge in [0.1, 0.15) is 0 Å². The second kappa shape index (κ2) is 7.73. The Balaban J connectivity index is 1.46. The van der Waals surface area contributed by atoms with E-state index in [1.165, 1.54) is 5.56 Å². The van der Waals surface area contributed by atoms with Crippen LogP contribution in [0.5, 0.6) is 0 Å². The molecule has 1 N–H and O–H groups in total. The lowest BCUT2D eigenvalue weighted by Gasteiger charge is -2.17. The maximum Gasteiger partial charge on any atom is 0.224 e. The molecule has 0 spiro atoms. The molecule has 0 saturated carbocycles. The largest absolute Gasteiger partial charge is 0.351 e. The van der Waals surface area contributed by atoms with Gasteiger partial charge >= 0.3 is 0 Å². The van der Waals surface area contributed by atoms with E-state index in [-0.39, 0.29) is 17.9 Å². The zero-order valence-electron chi connectivity index (χ0n) is 13.5. The minimum atomic E-state index is -0.0996. The van der Waals surface area contributed by atoms with Gasteiger partial charge in [0.15, 0.2) is 0 Å². The number of hydrogen-bond donors (Lipinski definition) is 1. The van der Waals surface area contributed by atoms with Gasteiger partial charge in [-0.2, -0.15) is 0 Å². The van der Waals surface area contributed by atoms with Crippen molar-refractivity contribution in [3.63, 3.8) is 0 Å².